The quantitative estimate of drug-likeness (QED) is 0.430. The van der Waals surface area contributed by atoms with E-state index in [9.17, 15) is 0 Å². The van der Waals surface area contributed by atoms with Gasteiger partial charge in [-0.2, -0.15) is 0 Å². The summed E-state index contributed by atoms with van der Waals surface area (Å²) in [6.45, 7) is -2.53. The van der Waals surface area contributed by atoms with Gasteiger partial charge in [-0.3, -0.25) is 0 Å². The molecule has 0 atom stereocenters. The molecule has 0 radical (unpaired) electrons. The van der Waals surface area contributed by atoms with Crippen LogP contribution >= 0.6 is 22.2 Å². The van der Waals surface area contributed by atoms with E-state index in [4.69, 9.17) is 22.2 Å². The minimum atomic E-state index is -2.53. The van der Waals surface area contributed by atoms with Gasteiger partial charge >= 0.3 is 6.69 Å². The number of allylic oxidation sites excluding steroid dienone is 6. The summed E-state index contributed by atoms with van der Waals surface area (Å²) in [5, 5.41) is 2.01. The average Bonchev–Trinajstić information content (AvgIpc) is 2.31. The molecule has 3 heteroatoms. The molecule has 0 spiro atoms. The standard InChI is InChI=1S/C12H9Cl2Si/c13-15(14,11-7-3-1-4-8-11)12-9-5-2-6-10-12/h1,3-10H/q+1. The van der Waals surface area contributed by atoms with Gasteiger partial charge in [0.25, 0.3) is 0 Å². The molecule has 1 aliphatic carbocycles. The van der Waals surface area contributed by atoms with Crippen molar-refractivity contribution >= 4 is 34.0 Å². The van der Waals surface area contributed by atoms with Crippen LogP contribution in [-0.4, -0.2) is 6.69 Å². The van der Waals surface area contributed by atoms with E-state index in [1.54, 1.807) is 0 Å². The van der Waals surface area contributed by atoms with Gasteiger partial charge in [-0.25, -0.2) is 0 Å². The first-order valence-corrected chi connectivity index (χ1v) is 8.63. The summed E-state index contributed by atoms with van der Waals surface area (Å²) in [6.07, 6.45) is 10.5. The molecule has 74 valence electrons. The Kier molecular flexibility index (Phi) is 3.08. The van der Waals surface area contributed by atoms with Crippen LogP contribution in [-0.2, 0) is 0 Å². The number of halogens is 2. The average molecular weight is 252 g/mol. The van der Waals surface area contributed by atoms with E-state index in [2.05, 4.69) is 6.08 Å². The molecular formula is C12H9Cl2Si+. The number of hydrogen-bond donors (Lipinski definition) is 0. The van der Waals surface area contributed by atoms with Crippen molar-refractivity contribution in [2.45, 2.75) is 0 Å². The zero-order valence-corrected chi connectivity index (χ0v) is 10.5. The predicted octanol–water partition coefficient (Wildman–Crippen LogP) is 3.21. The molecule has 0 bridgehead atoms. The van der Waals surface area contributed by atoms with Crippen molar-refractivity contribution in [2.75, 3.05) is 0 Å². The van der Waals surface area contributed by atoms with E-state index in [-0.39, 0.29) is 0 Å². The van der Waals surface area contributed by atoms with E-state index in [0.717, 1.165) is 10.4 Å². The lowest BCUT2D eigenvalue weighted by molar-refractivity contribution is 1.68. The highest BCUT2D eigenvalue weighted by molar-refractivity contribution is 7.54. The van der Waals surface area contributed by atoms with Crippen LogP contribution in [0.4, 0.5) is 0 Å². The minimum Gasteiger partial charge on any atom is -0.131 e. The molecule has 0 unspecified atom stereocenters. The lowest BCUT2D eigenvalue weighted by Gasteiger charge is -2.15. The summed E-state index contributed by atoms with van der Waals surface area (Å²) >= 11 is 13.0. The van der Waals surface area contributed by atoms with Gasteiger partial charge in [0.1, 0.15) is 12.2 Å². The summed E-state index contributed by atoms with van der Waals surface area (Å²) in [7, 11) is 0. The maximum atomic E-state index is 6.48. The normalized spacial score (nSPS) is 14.7. The van der Waals surface area contributed by atoms with Crippen LogP contribution in [0.2, 0.25) is 0 Å². The van der Waals surface area contributed by atoms with Crippen LogP contribution in [0.15, 0.2) is 59.8 Å². The predicted molar refractivity (Wildman–Crippen MR) is 68.6 cm³/mol. The fourth-order valence-corrected chi connectivity index (χ4v) is 4.45. The molecule has 2 rings (SSSR count). The Bertz CT molecular complexity index is 430. The Morgan fingerprint density at radius 1 is 1.07 bits per heavy atom. The van der Waals surface area contributed by atoms with Crippen LogP contribution in [0.25, 0.3) is 0 Å². The highest BCUT2D eigenvalue weighted by Gasteiger charge is 2.38. The minimum absolute atomic E-state index is 0.996. The second-order valence-electron chi connectivity index (χ2n) is 3.23. The SMILES string of the molecule is Cl[Si](Cl)(C1=CC=[C+]C=C1)c1ccccc1. The first-order valence-electron chi connectivity index (χ1n) is 4.61. The molecular weight excluding hydrogens is 243 g/mol. The van der Waals surface area contributed by atoms with Gasteiger partial charge in [0.15, 0.2) is 0 Å². The summed E-state index contributed by atoms with van der Waals surface area (Å²) < 4.78 is 0. The van der Waals surface area contributed by atoms with Gasteiger partial charge in [0.2, 0.25) is 0 Å². The van der Waals surface area contributed by atoms with E-state index in [1.807, 2.05) is 54.6 Å². The van der Waals surface area contributed by atoms with Crippen LogP contribution in [0.3, 0.4) is 0 Å². The van der Waals surface area contributed by atoms with Crippen molar-refractivity contribution in [2.24, 2.45) is 0 Å². The topological polar surface area (TPSA) is 0 Å². The van der Waals surface area contributed by atoms with Gasteiger partial charge in [0, 0.05) is 18.2 Å². The summed E-state index contributed by atoms with van der Waals surface area (Å²) in [5.41, 5.74) is 0. The van der Waals surface area contributed by atoms with Crippen LogP contribution in [0, 0.1) is 6.08 Å². The Hall–Kier alpha value is -0.853. The number of rotatable bonds is 2. The maximum Gasteiger partial charge on any atom is 0.336 e. The molecule has 0 amide bonds. The van der Waals surface area contributed by atoms with Gasteiger partial charge in [0.05, 0.1) is 5.20 Å². The molecule has 0 nitrogen and oxygen atoms in total. The third kappa shape index (κ3) is 2.22. The van der Waals surface area contributed by atoms with Crippen LogP contribution in [0.5, 0.6) is 0 Å². The molecule has 0 N–H and O–H groups in total. The summed E-state index contributed by atoms with van der Waals surface area (Å²) in [5.74, 6) is 0. The molecule has 0 heterocycles. The Morgan fingerprint density at radius 2 is 1.80 bits per heavy atom. The summed E-state index contributed by atoms with van der Waals surface area (Å²) in [4.78, 5) is 0. The van der Waals surface area contributed by atoms with Crippen molar-refractivity contribution in [3.63, 3.8) is 0 Å². The maximum absolute atomic E-state index is 6.48. The van der Waals surface area contributed by atoms with E-state index in [0.29, 0.717) is 0 Å². The lowest BCUT2D eigenvalue weighted by atomic mass is 10.3. The third-order valence-electron chi connectivity index (χ3n) is 2.22. The molecule has 1 aromatic rings. The van der Waals surface area contributed by atoms with Crippen molar-refractivity contribution in [3.05, 3.63) is 65.9 Å². The Labute approximate surface area is 99.9 Å². The fraction of sp³-hybridized carbons (Fsp3) is 0. The van der Waals surface area contributed by atoms with Gasteiger partial charge < -0.3 is 0 Å². The van der Waals surface area contributed by atoms with Gasteiger partial charge in [-0.1, -0.05) is 30.3 Å². The highest BCUT2D eigenvalue weighted by Crippen LogP contribution is 2.26. The van der Waals surface area contributed by atoms with Crippen molar-refractivity contribution in [3.8, 4) is 0 Å². The second kappa shape index (κ2) is 4.34. The smallest absolute Gasteiger partial charge is 0.131 e. The molecule has 0 aliphatic heterocycles. The summed E-state index contributed by atoms with van der Waals surface area (Å²) in [6, 6.07) is 9.82. The Balaban J connectivity index is 2.39. The van der Waals surface area contributed by atoms with E-state index >= 15 is 0 Å². The number of hydrogen-bond acceptors (Lipinski definition) is 0. The number of benzene rings is 1. The lowest BCUT2D eigenvalue weighted by Crippen LogP contribution is -2.38. The molecule has 0 saturated carbocycles. The molecule has 0 saturated heterocycles. The molecule has 1 aromatic carbocycles. The Morgan fingerprint density at radius 3 is 2.40 bits per heavy atom. The second-order valence-corrected chi connectivity index (χ2v) is 9.51. The highest BCUT2D eigenvalue weighted by atomic mass is 35.7. The van der Waals surface area contributed by atoms with Crippen molar-refractivity contribution < 1.29 is 0 Å². The van der Waals surface area contributed by atoms with Crippen LogP contribution < -0.4 is 5.19 Å². The van der Waals surface area contributed by atoms with Crippen LogP contribution in [0.1, 0.15) is 0 Å². The molecule has 1 aliphatic rings. The molecule has 0 aromatic heterocycles. The van der Waals surface area contributed by atoms with E-state index in [1.165, 1.54) is 0 Å². The molecule has 0 fully saturated rings. The zero-order valence-electron chi connectivity index (χ0n) is 7.95. The first kappa shape index (κ1) is 10.7. The first-order chi connectivity index (χ1) is 7.21. The van der Waals surface area contributed by atoms with Crippen molar-refractivity contribution in [1.29, 1.82) is 0 Å². The van der Waals surface area contributed by atoms with E-state index < -0.39 is 6.69 Å². The van der Waals surface area contributed by atoms with Crippen molar-refractivity contribution in [1.82, 2.24) is 0 Å². The van der Waals surface area contributed by atoms with Gasteiger partial charge in [-0.15, -0.1) is 22.2 Å². The monoisotopic (exact) mass is 251 g/mol. The zero-order chi connectivity index (χ0) is 10.7. The largest absolute Gasteiger partial charge is 0.336 e. The molecule has 15 heavy (non-hydrogen) atoms. The van der Waals surface area contributed by atoms with Gasteiger partial charge in [-0.05, 0) is 5.19 Å². The fourth-order valence-electron chi connectivity index (χ4n) is 1.41. The third-order valence-corrected chi connectivity index (χ3v) is 6.95.